The molecule has 4 aliphatic rings. The number of aliphatic hydroxyl groups excluding tert-OH is 1. The van der Waals surface area contributed by atoms with Crippen molar-refractivity contribution in [2.45, 2.75) is 90.4 Å². The van der Waals surface area contributed by atoms with Crippen molar-refractivity contribution in [2.24, 2.45) is 35.0 Å². The number of rotatable bonds is 4. The van der Waals surface area contributed by atoms with Gasteiger partial charge in [-0.2, -0.15) is 0 Å². The lowest BCUT2D eigenvalue weighted by Gasteiger charge is -2.56. The van der Waals surface area contributed by atoms with Gasteiger partial charge in [0.2, 0.25) is 0 Å². The Balaban J connectivity index is 1.67. The molecule has 7 atom stereocenters. The van der Waals surface area contributed by atoms with Crippen molar-refractivity contribution < 1.29 is 14.6 Å². The van der Waals surface area contributed by atoms with E-state index in [1.54, 1.807) is 25.4 Å². The fourth-order valence-electron chi connectivity index (χ4n) is 8.16. The molecule has 27 heavy (non-hydrogen) atoms. The van der Waals surface area contributed by atoms with Crippen LogP contribution in [0.4, 0.5) is 0 Å². The van der Waals surface area contributed by atoms with Crippen molar-refractivity contribution in [3.8, 4) is 0 Å². The van der Waals surface area contributed by atoms with Gasteiger partial charge in [-0.1, -0.05) is 31.4 Å². The van der Waals surface area contributed by atoms with E-state index in [4.69, 9.17) is 9.47 Å². The first-order valence-corrected chi connectivity index (χ1v) is 11.4. The molecular weight excluding hydrogens is 336 g/mol. The fraction of sp³-hybridized carbons (Fsp3) is 0.917. The summed E-state index contributed by atoms with van der Waals surface area (Å²) in [6.07, 6.45) is 10.6. The Kier molecular flexibility index (Phi) is 5.27. The third-order valence-electron chi connectivity index (χ3n) is 9.42. The summed E-state index contributed by atoms with van der Waals surface area (Å²) < 4.78 is 11.6. The number of aliphatic hydroxyl groups is 1. The number of fused-ring (bicyclic) bond motifs is 4. The molecule has 1 N–H and O–H groups in total. The van der Waals surface area contributed by atoms with Crippen LogP contribution in [0.15, 0.2) is 11.1 Å². The largest absolute Gasteiger partial charge is 0.393 e. The summed E-state index contributed by atoms with van der Waals surface area (Å²) in [7, 11) is 3.60. The van der Waals surface area contributed by atoms with E-state index in [-0.39, 0.29) is 11.9 Å². The number of hydrogen-bond donors (Lipinski definition) is 1. The van der Waals surface area contributed by atoms with Gasteiger partial charge in [-0.25, -0.2) is 0 Å². The van der Waals surface area contributed by atoms with E-state index in [2.05, 4.69) is 13.8 Å². The molecule has 2 fully saturated rings. The van der Waals surface area contributed by atoms with E-state index in [0.29, 0.717) is 11.3 Å². The molecule has 0 spiro atoms. The first-order chi connectivity index (χ1) is 12.9. The second kappa shape index (κ2) is 7.15. The molecule has 154 valence electrons. The van der Waals surface area contributed by atoms with Crippen LogP contribution in [0.5, 0.6) is 0 Å². The Hall–Kier alpha value is -0.380. The molecule has 2 saturated carbocycles. The van der Waals surface area contributed by atoms with E-state index >= 15 is 0 Å². The van der Waals surface area contributed by atoms with E-state index in [1.807, 2.05) is 6.92 Å². The number of allylic oxidation sites excluding steroid dienone is 1. The molecular formula is C24H40O3. The summed E-state index contributed by atoms with van der Waals surface area (Å²) in [6.45, 7) is 6.94. The zero-order valence-electron chi connectivity index (χ0n) is 18.1. The van der Waals surface area contributed by atoms with Gasteiger partial charge in [-0.3, -0.25) is 0 Å². The lowest BCUT2D eigenvalue weighted by molar-refractivity contribution is -0.214. The predicted octanol–water partition coefficient (Wildman–Crippen LogP) is 5.33. The van der Waals surface area contributed by atoms with Gasteiger partial charge in [0.05, 0.1) is 6.10 Å². The molecule has 3 nitrogen and oxygen atoms in total. The van der Waals surface area contributed by atoms with E-state index in [1.165, 1.54) is 38.5 Å². The molecule has 0 aromatic heterocycles. The Labute approximate surface area is 165 Å². The van der Waals surface area contributed by atoms with Crippen LogP contribution in [0, 0.1) is 35.0 Å². The first kappa shape index (κ1) is 19.9. The molecule has 4 aliphatic carbocycles. The maximum absolute atomic E-state index is 10.5. The van der Waals surface area contributed by atoms with Crippen LogP contribution in [0.25, 0.3) is 0 Å². The standard InChI is InChI=1S/C24H40O3/c1-6-16-13-23(3)20(15(2)25)9-10-21(23)19-8-7-17-14-24(26-4,27-5)12-11-18(17)22(16)19/h15-16,19-22,25H,6-14H2,1-5H3/t15-,16-,19-,20+,21+,22+,23+/m0/s1. The Morgan fingerprint density at radius 2 is 1.89 bits per heavy atom. The summed E-state index contributed by atoms with van der Waals surface area (Å²) in [5.41, 5.74) is 3.77. The van der Waals surface area contributed by atoms with Crippen molar-refractivity contribution in [1.82, 2.24) is 0 Å². The van der Waals surface area contributed by atoms with Crippen LogP contribution in [0.3, 0.4) is 0 Å². The van der Waals surface area contributed by atoms with Crippen molar-refractivity contribution in [1.29, 1.82) is 0 Å². The fourth-order valence-corrected chi connectivity index (χ4v) is 8.16. The van der Waals surface area contributed by atoms with Gasteiger partial charge in [0, 0.05) is 27.1 Å². The van der Waals surface area contributed by atoms with Crippen LogP contribution in [0.2, 0.25) is 0 Å². The van der Waals surface area contributed by atoms with Crippen molar-refractivity contribution in [3.63, 3.8) is 0 Å². The van der Waals surface area contributed by atoms with Crippen LogP contribution < -0.4 is 0 Å². The molecule has 0 heterocycles. The second-order valence-corrected chi connectivity index (χ2v) is 10.3. The third-order valence-corrected chi connectivity index (χ3v) is 9.42. The van der Waals surface area contributed by atoms with Gasteiger partial charge in [0.25, 0.3) is 0 Å². The molecule has 0 bridgehead atoms. The Morgan fingerprint density at radius 1 is 1.15 bits per heavy atom. The van der Waals surface area contributed by atoms with E-state index < -0.39 is 0 Å². The second-order valence-electron chi connectivity index (χ2n) is 10.3. The predicted molar refractivity (Wildman–Crippen MR) is 108 cm³/mol. The highest BCUT2D eigenvalue weighted by Crippen LogP contribution is 2.66. The van der Waals surface area contributed by atoms with Crippen LogP contribution >= 0.6 is 0 Å². The minimum atomic E-state index is -0.388. The van der Waals surface area contributed by atoms with Crippen LogP contribution in [-0.2, 0) is 9.47 Å². The maximum atomic E-state index is 10.5. The number of methoxy groups -OCH3 is 2. The summed E-state index contributed by atoms with van der Waals surface area (Å²) in [6, 6.07) is 0. The zero-order valence-corrected chi connectivity index (χ0v) is 18.1. The molecule has 0 aliphatic heterocycles. The van der Waals surface area contributed by atoms with Crippen molar-refractivity contribution >= 4 is 0 Å². The SMILES string of the molecule is CC[C@H]1C[C@@]2(C)[C@H](CC[C@@H]2[C@H](C)O)[C@@H]2CCC3=C(CCC(OC)(OC)C3)[C@@H]12. The van der Waals surface area contributed by atoms with Crippen LogP contribution in [0.1, 0.15) is 78.6 Å². The van der Waals surface area contributed by atoms with Crippen molar-refractivity contribution in [3.05, 3.63) is 11.1 Å². The van der Waals surface area contributed by atoms with E-state index in [0.717, 1.165) is 42.9 Å². The average Bonchev–Trinajstić information content (AvgIpc) is 3.03. The van der Waals surface area contributed by atoms with Crippen molar-refractivity contribution in [2.75, 3.05) is 14.2 Å². The molecule has 3 heteroatoms. The summed E-state index contributed by atoms with van der Waals surface area (Å²) in [4.78, 5) is 0. The normalized spacial score (nSPS) is 44.4. The highest BCUT2D eigenvalue weighted by Gasteiger charge is 2.59. The number of hydrogen-bond acceptors (Lipinski definition) is 3. The molecule has 0 amide bonds. The topological polar surface area (TPSA) is 38.7 Å². The monoisotopic (exact) mass is 376 g/mol. The summed E-state index contributed by atoms with van der Waals surface area (Å²) in [5, 5.41) is 10.5. The molecule has 0 unspecified atom stereocenters. The lowest BCUT2D eigenvalue weighted by atomic mass is 9.49. The van der Waals surface area contributed by atoms with E-state index in [9.17, 15) is 5.11 Å². The van der Waals surface area contributed by atoms with Gasteiger partial charge in [-0.15, -0.1) is 0 Å². The highest BCUT2D eigenvalue weighted by atomic mass is 16.7. The quantitative estimate of drug-likeness (QED) is 0.533. The first-order valence-electron chi connectivity index (χ1n) is 11.4. The molecule has 0 aromatic rings. The zero-order chi connectivity index (χ0) is 19.4. The smallest absolute Gasteiger partial charge is 0.171 e. The summed E-state index contributed by atoms with van der Waals surface area (Å²) >= 11 is 0. The average molecular weight is 377 g/mol. The van der Waals surface area contributed by atoms with Gasteiger partial charge in [0.1, 0.15) is 0 Å². The minimum Gasteiger partial charge on any atom is -0.393 e. The summed E-state index contributed by atoms with van der Waals surface area (Å²) in [5.74, 6) is 3.29. The molecule has 4 rings (SSSR count). The molecule has 0 saturated heterocycles. The maximum Gasteiger partial charge on any atom is 0.171 e. The lowest BCUT2D eigenvalue weighted by Crippen LogP contribution is -2.50. The van der Waals surface area contributed by atoms with Gasteiger partial charge in [0.15, 0.2) is 5.79 Å². The highest BCUT2D eigenvalue weighted by molar-refractivity contribution is 5.29. The number of ether oxygens (including phenoxy) is 2. The molecule has 0 radical (unpaired) electrons. The molecule has 0 aromatic carbocycles. The van der Waals surface area contributed by atoms with Gasteiger partial charge >= 0.3 is 0 Å². The van der Waals surface area contributed by atoms with Crippen LogP contribution in [-0.4, -0.2) is 31.2 Å². The minimum absolute atomic E-state index is 0.161. The Morgan fingerprint density at radius 3 is 2.52 bits per heavy atom. The Bertz CT molecular complexity index is 590. The van der Waals surface area contributed by atoms with Gasteiger partial charge < -0.3 is 14.6 Å². The third kappa shape index (κ3) is 2.95. The van der Waals surface area contributed by atoms with Gasteiger partial charge in [-0.05, 0) is 80.5 Å².